The molecular weight excluding hydrogens is 388 g/mol. The first-order chi connectivity index (χ1) is 14.1. The van der Waals surface area contributed by atoms with Gasteiger partial charge < -0.3 is 19.8 Å². The topological polar surface area (TPSA) is 99.5 Å². The Hall–Kier alpha value is -2.32. The van der Waals surface area contributed by atoms with Crippen molar-refractivity contribution in [1.82, 2.24) is 9.96 Å². The van der Waals surface area contributed by atoms with Crippen LogP contribution in [0, 0.1) is 0 Å². The van der Waals surface area contributed by atoms with Crippen LogP contribution in [0.15, 0.2) is 12.1 Å². The zero-order valence-electron chi connectivity index (χ0n) is 18.7. The Morgan fingerprint density at radius 2 is 1.70 bits per heavy atom. The molecule has 2 atom stereocenters. The standard InChI is InChI=1S/C22H34N2O6/c1-13(2)16-10-15(11-17(14(3)4)20(16)29-5)21(26)24(30-6)18-12-23(22(27)28)9-7-8-19(18)25/h10-11,13-14,18-19,25H,7-9,12H2,1-6H3,(H,27,28)/t18-,19-/m1/s1. The molecule has 2 amide bonds. The van der Waals surface area contributed by atoms with Crippen molar-refractivity contribution in [3.63, 3.8) is 0 Å². The van der Waals surface area contributed by atoms with Gasteiger partial charge in [-0.2, -0.15) is 0 Å². The Labute approximate surface area is 178 Å². The molecule has 8 nitrogen and oxygen atoms in total. The second-order valence-corrected chi connectivity index (χ2v) is 8.32. The number of amides is 2. The minimum absolute atomic E-state index is 0.0136. The van der Waals surface area contributed by atoms with Crippen LogP contribution in [0.4, 0.5) is 4.79 Å². The van der Waals surface area contributed by atoms with E-state index in [0.717, 1.165) is 21.9 Å². The van der Waals surface area contributed by atoms with Gasteiger partial charge in [0.05, 0.1) is 20.3 Å². The van der Waals surface area contributed by atoms with Crippen LogP contribution in [-0.4, -0.2) is 71.6 Å². The molecule has 1 aromatic carbocycles. The first-order valence-corrected chi connectivity index (χ1v) is 10.4. The molecule has 2 rings (SSSR count). The number of carbonyl (C=O) groups is 2. The molecule has 1 saturated heterocycles. The first kappa shape index (κ1) is 24.0. The average Bonchev–Trinajstić information content (AvgIpc) is 2.89. The van der Waals surface area contributed by atoms with Crippen LogP contribution in [-0.2, 0) is 4.84 Å². The van der Waals surface area contributed by atoms with Crippen LogP contribution in [0.25, 0.3) is 0 Å². The van der Waals surface area contributed by atoms with Gasteiger partial charge in [0.2, 0.25) is 0 Å². The van der Waals surface area contributed by atoms with Crippen LogP contribution in [0.2, 0.25) is 0 Å². The van der Waals surface area contributed by atoms with Gasteiger partial charge in [0.25, 0.3) is 5.91 Å². The number of rotatable bonds is 6. The van der Waals surface area contributed by atoms with Gasteiger partial charge in [-0.15, -0.1) is 0 Å². The summed E-state index contributed by atoms with van der Waals surface area (Å²) < 4.78 is 5.64. The third-order valence-corrected chi connectivity index (χ3v) is 5.59. The summed E-state index contributed by atoms with van der Waals surface area (Å²) in [6.45, 7) is 8.43. The SMILES string of the molecule is COc1c(C(C)C)cc(C(=O)N(OC)[C@@H]2CN(C(=O)O)CCC[C@H]2O)cc1C(C)C. The summed E-state index contributed by atoms with van der Waals surface area (Å²) in [7, 11) is 2.98. The van der Waals surface area contributed by atoms with Gasteiger partial charge in [0.15, 0.2) is 0 Å². The number of hydrogen-bond acceptors (Lipinski definition) is 5. The van der Waals surface area contributed by atoms with E-state index in [1.54, 1.807) is 19.2 Å². The zero-order valence-corrected chi connectivity index (χ0v) is 18.7. The zero-order chi connectivity index (χ0) is 22.6. The molecule has 8 heteroatoms. The number of methoxy groups -OCH3 is 1. The lowest BCUT2D eigenvalue weighted by molar-refractivity contribution is -0.149. The smallest absolute Gasteiger partial charge is 0.407 e. The van der Waals surface area contributed by atoms with Gasteiger partial charge in [-0.1, -0.05) is 27.7 Å². The van der Waals surface area contributed by atoms with E-state index in [9.17, 15) is 19.8 Å². The molecule has 0 bridgehead atoms. The molecule has 1 aliphatic rings. The molecule has 1 aromatic rings. The summed E-state index contributed by atoms with van der Waals surface area (Å²) in [5.74, 6) is 0.617. The number of nitrogens with zero attached hydrogens (tertiary/aromatic N) is 2. The lowest BCUT2D eigenvalue weighted by atomic mass is 9.91. The van der Waals surface area contributed by atoms with E-state index in [-0.39, 0.29) is 18.4 Å². The second kappa shape index (κ2) is 10.1. The van der Waals surface area contributed by atoms with Gasteiger partial charge >= 0.3 is 6.09 Å². The number of carboxylic acid groups (broad SMARTS) is 1. The lowest BCUT2D eigenvalue weighted by Gasteiger charge is -2.33. The van der Waals surface area contributed by atoms with Gasteiger partial charge in [-0.3, -0.25) is 9.63 Å². The fourth-order valence-electron chi connectivity index (χ4n) is 3.91. The highest BCUT2D eigenvalue weighted by Crippen LogP contribution is 2.36. The summed E-state index contributed by atoms with van der Waals surface area (Å²) >= 11 is 0. The van der Waals surface area contributed by atoms with Crippen molar-refractivity contribution in [3.05, 3.63) is 28.8 Å². The van der Waals surface area contributed by atoms with E-state index in [1.165, 1.54) is 12.0 Å². The van der Waals surface area contributed by atoms with Crippen molar-refractivity contribution in [2.75, 3.05) is 27.3 Å². The Morgan fingerprint density at radius 3 is 2.13 bits per heavy atom. The highest BCUT2D eigenvalue weighted by molar-refractivity contribution is 5.94. The molecule has 2 N–H and O–H groups in total. The molecule has 30 heavy (non-hydrogen) atoms. The molecule has 168 valence electrons. The van der Waals surface area contributed by atoms with Crippen LogP contribution < -0.4 is 4.74 Å². The molecular formula is C22H34N2O6. The largest absolute Gasteiger partial charge is 0.496 e. The molecule has 1 heterocycles. The predicted octanol–water partition coefficient (Wildman–Crippen LogP) is 3.45. The second-order valence-electron chi connectivity index (χ2n) is 8.32. The quantitative estimate of drug-likeness (QED) is 0.681. The summed E-state index contributed by atoms with van der Waals surface area (Å²) in [6, 6.07) is 2.79. The first-order valence-electron chi connectivity index (χ1n) is 10.4. The van der Waals surface area contributed by atoms with Crippen molar-refractivity contribution in [1.29, 1.82) is 0 Å². The summed E-state index contributed by atoms with van der Waals surface area (Å²) in [5, 5.41) is 21.1. The average molecular weight is 423 g/mol. The fourth-order valence-corrected chi connectivity index (χ4v) is 3.91. The minimum Gasteiger partial charge on any atom is -0.496 e. The third-order valence-electron chi connectivity index (χ3n) is 5.59. The Balaban J connectivity index is 2.49. The van der Waals surface area contributed by atoms with Crippen LogP contribution in [0.1, 0.15) is 73.9 Å². The van der Waals surface area contributed by atoms with E-state index < -0.39 is 24.1 Å². The normalized spacial score (nSPS) is 19.7. The van der Waals surface area contributed by atoms with Gasteiger partial charge in [0.1, 0.15) is 11.8 Å². The van der Waals surface area contributed by atoms with E-state index >= 15 is 0 Å². The fraction of sp³-hybridized carbons (Fsp3) is 0.636. The number of hydroxylamine groups is 2. The number of aliphatic hydroxyl groups is 1. The number of carbonyl (C=O) groups excluding carboxylic acids is 1. The number of hydrogen-bond donors (Lipinski definition) is 2. The summed E-state index contributed by atoms with van der Waals surface area (Å²) in [4.78, 5) is 31.6. The van der Waals surface area contributed by atoms with Gasteiger partial charge in [0, 0.05) is 18.7 Å². The molecule has 0 saturated carbocycles. The highest BCUT2D eigenvalue weighted by Gasteiger charge is 2.36. The Bertz CT molecular complexity index is 735. The lowest BCUT2D eigenvalue weighted by Crippen LogP contribution is -2.51. The van der Waals surface area contributed by atoms with Crippen LogP contribution >= 0.6 is 0 Å². The van der Waals surface area contributed by atoms with E-state index in [0.29, 0.717) is 24.9 Å². The van der Waals surface area contributed by atoms with Crippen molar-refractivity contribution in [3.8, 4) is 5.75 Å². The predicted molar refractivity (Wildman–Crippen MR) is 113 cm³/mol. The third kappa shape index (κ3) is 5.05. The Morgan fingerprint density at radius 1 is 1.13 bits per heavy atom. The van der Waals surface area contributed by atoms with Crippen LogP contribution in [0.3, 0.4) is 0 Å². The highest BCUT2D eigenvalue weighted by atomic mass is 16.7. The molecule has 0 radical (unpaired) electrons. The van der Waals surface area contributed by atoms with Crippen molar-refractivity contribution in [2.24, 2.45) is 0 Å². The maximum Gasteiger partial charge on any atom is 0.407 e. The summed E-state index contributed by atoms with van der Waals surface area (Å²) in [5.41, 5.74) is 2.25. The molecule has 1 aliphatic heterocycles. The van der Waals surface area contributed by atoms with Crippen LogP contribution in [0.5, 0.6) is 5.75 Å². The molecule has 1 fully saturated rings. The number of ether oxygens (including phenoxy) is 1. The van der Waals surface area contributed by atoms with E-state index in [1.807, 2.05) is 27.7 Å². The maximum atomic E-state index is 13.4. The molecule has 0 spiro atoms. The minimum atomic E-state index is -1.08. The van der Waals surface area contributed by atoms with Crippen molar-refractivity contribution in [2.45, 2.75) is 64.5 Å². The Kier molecular flexibility index (Phi) is 8.09. The maximum absolute atomic E-state index is 13.4. The van der Waals surface area contributed by atoms with E-state index in [2.05, 4.69) is 0 Å². The van der Waals surface area contributed by atoms with Crippen molar-refractivity contribution >= 4 is 12.0 Å². The summed E-state index contributed by atoms with van der Waals surface area (Å²) in [6.07, 6.45) is -1.05. The van der Waals surface area contributed by atoms with Crippen molar-refractivity contribution < 1.29 is 29.4 Å². The molecule has 0 unspecified atom stereocenters. The molecule has 0 aromatic heterocycles. The monoisotopic (exact) mass is 422 g/mol. The van der Waals surface area contributed by atoms with Gasteiger partial charge in [-0.25, -0.2) is 9.86 Å². The number of aliphatic hydroxyl groups excluding tert-OH is 1. The molecule has 0 aliphatic carbocycles. The van der Waals surface area contributed by atoms with E-state index in [4.69, 9.17) is 9.57 Å². The number of benzene rings is 1. The number of likely N-dealkylation sites (tertiary alicyclic amines) is 1. The van der Waals surface area contributed by atoms with Gasteiger partial charge in [-0.05, 0) is 47.9 Å².